The van der Waals surface area contributed by atoms with Crippen LogP contribution in [0.3, 0.4) is 0 Å². The number of benzene rings is 1. The molecule has 2 heterocycles. The average Bonchev–Trinajstić information content (AvgIpc) is 3.32. The number of ether oxygens (including phenoxy) is 1. The molecule has 1 aliphatic rings. The van der Waals surface area contributed by atoms with Gasteiger partial charge in [0.2, 0.25) is 10.0 Å². The van der Waals surface area contributed by atoms with Crippen LogP contribution < -0.4 is 10.0 Å². The number of piperidine rings is 1. The molecule has 0 atom stereocenters. The lowest BCUT2D eigenvalue weighted by Gasteiger charge is -2.33. The predicted molar refractivity (Wildman–Crippen MR) is 134 cm³/mol. The zero-order valence-corrected chi connectivity index (χ0v) is 21.6. The van der Waals surface area contributed by atoms with Crippen molar-refractivity contribution in [2.45, 2.75) is 37.1 Å². The Morgan fingerprint density at radius 2 is 2.12 bits per heavy atom. The first-order valence-electron chi connectivity index (χ1n) is 10.5. The molecule has 1 aromatic heterocycles. The van der Waals surface area contributed by atoms with Crippen molar-refractivity contribution in [3.8, 4) is 0 Å². The van der Waals surface area contributed by atoms with Crippen molar-refractivity contribution in [1.82, 2.24) is 30.1 Å². The summed E-state index contributed by atoms with van der Waals surface area (Å²) >= 11 is 0. The van der Waals surface area contributed by atoms with Crippen LogP contribution in [0.1, 0.15) is 37.1 Å². The molecule has 0 unspecified atom stereocenters. The minimum Gasteiger partial charge on any atom is -0.383 e. The SMILES string of the molecule is CCNC(=NCc1cccc(S(=O)(=O)NCCOC)c1)N1CCC(c2ncn[nH]2)CC1.I. The van der Waals surface area contributed by atoms with E-state index < -0.39 is 10.0 Å². The minimum absolute atomic E-state index is 0. The molecule has 1 aromatic carbocycles. The molecule has 1 saturated heterocycles. The van der Waals surface area contributed by atoms with Crippen molar-refractivity contribution in [2.24, 2.45) is 4.99 Å². The Bertz CT molecular complexity index is 946. The normalized spacial score (nSPS) is 15.4. The molecule has 2 aromatic rings. The number of aliphatic imine (C=N–C) groups is 1. The first-order chi connectivity index (χ1) is 15.0. The third kappa shape index (κ3) is 7.39. The number of rotatable bonds is 9. The molecule has 0 saturated carbocycles. The van der Waals surface area contributed by atoms with Crippen molar-refractivity contribution >= 4 is 40.0 Å². The number of nitrogens with one attached hydrogen (secondary N) is 3. The van der Waals surface area contributed by atoms with Gasteiger partial charge in [0.1, 0.15) is 12.2 Å². The highest BCUT2D eigenvalue weighted by molar-refractivity contribution is 14.0. The fraction of sp³-hybridized carbons (Fsp3) is 0.550. The molecule has 12 heteroatoms. The number of hydrogen-bond acceptors (Lipinski definition) is 6. The van der Waals surface area contributed by atoms with Crippen molar-refractivity contribution in [3.63, 3.8) is 0 Å². The largest absolute Gasteiger partial charge is 0.383 e. The van der Waals surface area contributed by atoms with E-state index >= 15 is 0 Å². The Morgan fingerprint density at radius 3 is 2.78 bits per heavy atom. The van der Waals surface area contributed by atoms with Gasteiger partial charge in [-0.2, -0.15) is 5.10 Å². The number of guanidine groups is 1. The van der Waals surface area contributed by atoms with Crippen LogP contribution in [-0.2, 0) is 21.3 Å². The predicted octanol–water partition coefficient (Wildman–Crippen LogP) is 1.69. The maximum atomic E-state index is 12.4. The Hall–Kier alpha value is -1.77. The molecule has 32 heavy (non-hydrogen) atoms. The lowest BCUT2D eigenvalue weighted by molar-refractivity contribution is 0.204. The number of hydrogen-bond donors (Lipinski definition) is 3. The summed E-state index contributed by atoms with van der Waals surface area (Å²) in [6.07, 6.45) is 3.50. The Labute approximate surface area is 206 Å². The molecule has 0 bridgehead atoms. The van der Waals surface area contributed by atoms with Crippen molar-refractivity contribution in [1.29, 1.82) is 0 Å². The molecule has 0 amide bonds. The fourth-order valence-electron chi connectivity index (χ4n) is 3.54. The standard InChI is InChI=1S/C20H31N7O3S.HI/c1-3-21-20(27-10-7-17(8-11-27)19-23-15-24-26-19)22-14-16-5-4-6-18(13-16)31(28,29)25-9-12-30-2;/h4-6,13,15,17,25H,3,7-12,14H2,1-2H3,(H,21,22)(H,23,24,26);1H. The summed E-state index contributed by atoms with van der Waals surface area (Å²) in [5.74, 6) is 2.16. The van der Waals surface area contributed by atoms with Gasteiger partial charge < -0.3 is 15.0 Å². The van der Waals surface area contributed by atoms with Gasteiger partial charge in [0.25, 0.3) is 0 Å². The number of H-pyrrole nitrogens is 1. The van der Waals surface area contributed by atoms with Crippen LogP contribution in [0.5, 0.6) is 0 Å². The molecule has 0 spiro atoms. The van der Waals surface area contributed by atoms with Gasteiger partial charge in [-0.05, 0) is 37.5 Å². The van der Waals surface area contributed by atoms with E-state index in [0.717, 1.165) is 49.8 Å². The highest BCUT2D eigenvalue weighted by Gasteiger charge is 2.24. The van der Waals surface area contributed by atoms with Gasteiger partial charge in [-0.25, -0.2) is 23.1 Å². The lowest BCUT2D eigenvalue weighted by Crippen LogP contribution is -2.45. The van der Waals surface area contributed by atoms with Crippen LogP contribution in [0.4, 0.5) is 0 Å². The Kier molecular flexibility index (Phi) is 10.8. The zero-order valence-electron chi connectivity index (χ0n) is 18.5. The lowest BCUT2D eigenvalue weighted by atomic mass is 9.96. The van der Waals surface area contributed by atoms with E-state index in [2.05, 4.69) is 30.1 Å². The van der Waals surface area contributed by atoms with Crippen LogP contribution in [0.15, 0.2) is 40.5 Å². The minimum atomic E-state index is -3.57. The third-order valence-corrected chi connectivity index (χ3v) is 6.63. The summed E-state index contributed by atoms with van der Waals surface area (Å²) in [6.45, 7) is 5.49. The van der Waals surface area contributed by atoms with E-state index in [1.54, 1.807) is 24.5 Å². The van der Waals surface area contributed by atoms with E-state index in [1.165, 1.54) is 7.11 Å². The molecular weight excluding hydrogens is 545 g/mol. The van der Waals surface area contributed by atoms with Crippen LogP contribution in [0.2, 0.25) is 0 Å². The van der Waals surface area contributed by atoms with Crippen LogP contribution in [0, 0.1) is 0 Å². The summed E-state index contributed by atoms with van der Waals surface area (Å²) in [7, 11) is -2.04. The number of methoxy groups -OCH3 is 1. The van der Waals surface area contributed by atoms with Crippen LogP contribution in [0.25, 0.3) is 0 Å². The molecule has 0 aliphatic carbocycles. The number of halogens is 1. The van der Waals surface area contributed by atoms with Gasteiger partial charge in [0.05, 0.1) is 18.0 Å². The van der Waals surface area contributed by atoms with Crippen molar-refractivity contribution in [2.75, 3.05) is 39.9 Å². The summed E-state index contributed by atoms with van der Waals surface area (Å²) in [4.78, 5) is 11.5. The van der Waals surface area contributed by atoms with Crippen LogP contribution in [-0.4, -0.2) is 74.4 Å². The molecule has 0 radical (unpaired) electrons. The topological polar surface area (TPSA) is 125 Å². The first-order valence-corrected chi connectivity index (χ1v) is 12.0. The third-order valence-electron chi connectivity index (χ3n) is 5.17. The van der Waals surface area contributed by atoms with E-state index in [1.807, 2.05) is 13.0 Å². The Morgan fingerprint density at radius 1 is 1.34 bits per heavy atom. The summed E-state index contributed by atoms with van der Waals surface area (Å²) in [6, 6.07) is 6.88. The van der Waals surface area contributed by atoms with Gasteiger partial charge in [-0.1, -0.05) is 12.1 Å². The maximum Gasteiger partial charge on any atom is 0.240 e. The van der Waals surface area contributed by atoms with E-state index in [-0.39, 0.29) is 35.4 Å². The number of aromatic nitrogens is 3. The highest BCUT2D eigenvalue weighted by Crippen LogP contribution is 2.25. The first kappa shape index (κ1) is 26.5. The number of sulfonamides is 1. The molecule has 10 nitrogen and oxygen atoms in total. The van der Waals surface area contributed by atoms with E-state index in [0.29, 0.717) is 19.1 Å². The van der Waals surface area contributed by atoms with E-state index in [9.17, 15) is 8.42 Å². The second-order valence-corrected chi connectivity index (χ2v) is 9.11. The molecule has 1 aliphatic heterocycles. The molecule has 3 N–H and O–H groups in total. The zero-order chi connectivity index (χ0) is 22.1. The quantitative estimate of drug-likeness (QED) is 0.179. The molecule has 178 valence electrons. The van der Waals surface area contributed by atoms with E-state index in [4.69, 9.17) is 9.73 Å². The maximum absolute atomic E-state index is 12.4. The van der Waals surface area contributed by atoms with Gasteiger partial charge >= 0.3 is 0 Å². The smallest absolute Gasteiger partial charge is 0.240 e. The monoisotopic (exact) mass is 577 g/mol. The van der Waals surface area contributed by atoms with Gasteiger partial charge in [0, 0.05) is 39.2 Å². The number of likely N-dealkylation sites (tertiary alicyclic amines) is 1. The second-order valence-electron chi connectivity index (χ2n) is 7.34. The van der Waals surface area contributed by atoms with Crippen LogP contribution >= 0.6 is 24.0 Å². The Balaban J connectivity index is 0.00000363. The van der Waals surface area contributed by atoms with Crippen molar-refractivity contribution < 1.29 is 13.2 Å². The fourth-order valence-corrected chi connectivity index (χ4v) is 4.62. The van der Waals surface area contributed by atoms with Crippen molar-refractivity contribution in [3.05, 3.63) is 42.0 Å². The van der Waals surface area contributed by atoms with Gasteiger partial charge in [-0.15, -0.1) is 24.0 Å². The average molecular weight is 577 g/mol. The summed E-state index contributed by atoms with van der Waals surface area (Å²) in [5.41, 5.74) is 0.835. The van der Waals surface area contributed by atoms with Gasteiger partial charge in [-0.3, -0.25) is 5.10 Å². The number of aromatic amines is 1. The summed E-state index contributed by atoms with van der Waals surface area (Å²) < 4.78 is 32.3. The van der Waals surface area contributed by atoms with Gasteiger partial charge in [0.15, 0.2) is 5.96 Å². The molecule has 1 fully saturated rings. The number of nitrogens with zero attached hydrogens (tertiary/aromatic N) is 4. The molecular formula is C20H32IN7O3S. The second kappa shape index (κ2) is 13.1. The highest BCUT2D eigenvalue weighted by atomic mass is 127. The summed E-state index contributed by atoms with van der Waals surface area (Å²) in [5, 5.41) is 10.3. The molecule has 3 rings (SSSR count).